The number of rotatable bonds is 3. The smallest absolute Gasteiger partial charge is 0.338 e. The van der Waals surface area contributed by atoms with Gasteiger partial charge in [-0.25, -0.2) is 9.78 Å². The van der Waals surface area contributed by atoms with E-state index < -0.39 is 12.1 Å². The molecule has 3 atom stereocenters. The summed E-state index contributed by atoms with van der Waals surface area (Å²) in [6.07, 6.45) is 2.35. The van der Waals surface area contributed by atoms with E-state index in [1.54, 1.807) is 30.6 Å². The molecule has 0 spiro atoms. The van der Waals surface area contributed by atoms with E-state index in [2.05, 4.69) is 18.8 Å². The van der Waals surface area contributed by atoms with Crippen LogP contribution in [0, 0.1) is 0 Å². The van der Waals surface area contributed by atoms with Crippen molar-refractivity contribution in [3.05, 3.63) is 29.3 Å². The number of fused-ring (bicyclic) bond motifs is 1. The first-order chi connectivity index (χ1) is 11.5. The monoisotopic (exact) mass is 346 g/mol. The summed E-state index contributed by atoms with van der Waals surface area (Å²) in [5.41, 5.74) is 3.05. The molecule has 0 aliphatic carbocycles. The maximum atomic E-state index is 12.7. The van der Waals surface area contributed by atoms with Crippen molar-refractivity contribution in [1.29, 1.82) is 0 Å². The largest absolute Gasteiger partial charge is 0.449 e. The molecule has 1 aromatic carbocycles. The molecular weight excluding hydrogens is 324 g/mol. The number of esters is 1. The summed E-state index contributed by atoms with van der Waals surface area (Å²) in [7, 11) is 0. The number of carbonyl (C=O) groups is 2. The zero-order valence-electron chi connectivity index (χ0n) is 14.2. The molecule has 1 saturated heterocycles. The van der Waals surface area contributed by atoms with Crippen molar-refractivity contribution in [3.63, 3.8) is 0 Å². The molecule has 1 aliphatic heterocycles. The second-order valence-electron chi connectivity index (χ2n) is 6.46. The first-order valence-electron chi connectivity index (χ1n) is 8.33. The Morgan fingerprint density at radius 2 is 2.00 bits per heavy atom. The van der Waals surface area contributed by atoms with Crippen LogP contribution in [0.4, 0.5) is 0 Å². The number of likely N-dealkylation sites (tertiary alicyclic amines) is 1. The summed E-state index contributed by atoms with van der Waals surface area (Å²) in [5, 5.41) is 0. The number of carbonyl (C=O) groups excluding carboxylic acids is 2. The minimum Gasteiger partial charge on any atom is -0.449 e. The summed E-state index contributed by atoms with van der Waals surface area (Å²) in [4.78, 5) is 31.1. The standard InChI is InChI=1S/C18H22N2O3S/c1-11-5-4-6-12(2)20(11)17(21)13(3)23-18(22)14-7-8-15-16(9-14)24-10-19-15/h7-13H,4-6H2,1-3H3/t11-,12+,13-/m0/s1. The van der Waals surface area contributed by atoms with E-state index in [0.29, 0.717) is 5.56 Å². The van der Waals surface area contributed by atoms with Crippen LogP contribution in [0.5, 0.6) is 0 Å². The van der Waals surface area contributed by atoms with Crippen molar-refractivity contribution in [2.24, 2.45) is 0 Å². The highest BCUT2D eigenvalue weighted by Crippen LogP contribution is 2.24. The lowest BCUT2D eigenvalue weighted by atomic mass is 9.97. The van der Waals surface area contributed by atoms with E-state index in [9.17, 15) is 9.59 Å². The van der Waals surface area contributed by atoms with Gasteiger partial charge in [-0.05, 0) is 58.2 Å². The van der Waals surface area contributed by atoms with Crippen molar-refractivity contribution in [2.45, 2.75) is 58.2 Å². The Balaban J connectivity index is 1.69. The van der Waals surface area contributed by atoms with Gasteiger partial charge in [0.05, 0.1) is 21.3 Å². The fourth-order valence-electron chi connectivity index (χ4n) is 3.33. The maximum absolute atomic E-state index is 12.7. The molecule has 2 aromatic rings. The van der Waals surface area contributed by atoms with Crippen LogP contribution in [0.2, 0.25) is 0 Å². The minimum absolute atomic E-state index is 0.109. The maximum Gasteiger partial charge on any atom is 0.338 e. The molecule has 0 radical (unpaired) electrons. The molecular formula is C18H22N2O3S. The van der Waals surface area contributed by atoms with Crippen LogP contribution in [-0.4, -0.2) is 39.9 Å². The van der Waals surface area contributed by atoms with Gasteiger partial charge in [0.2, 0.25) is 0 Å². The van der Waals surface area contributed by atoms with E-state index in [1.807, 2.05) is 4.90 Å². The molecule has 128 valence electrons. The first kappa shape index (κ1) is 16.9. The lowest BCUT2D eigenvalue weighted by molar-refractivity contribution is -0.146. The van der Waals surface area contributed by atoms with Gasteiger partial charge in [0.1, 0.15) is 0 Å². The number of amides is 1. The quantitative estimate of drug-likeness (QED) is 0.796. The molecule has 0 bridgehead atoms. The van der Waals surface area contributed by atoms with Crippen LogP contribution >= 0.6 is 11.3 Å². The molecule has 0 unspecified atom stereocenters. The number of nitrogens with zero attached hydrogens (tertiary/aromatic N) is 2. The Bertz CT molecular complexity index is 748. The van der Waals surface area contributed by atoms with Gasteiger partial charge >= 0.3 is 5.97 Å². The third kappa shape index (κ3) is 3.29. The zero-order chi connectivity index (χ0) is 17.3. The molecule has 0 saturated carbocycles. The van der Waals surface area contributed by atoms with Crippen LogP contribution < -0.4 is 0 Å². The lowest BCUT2D eigenvalue weighted by Crippen LogP contribution is -2.51. The third-order valence-corrected chi connectivity index (χ3v) is 5.44. The van der Waals surface area contributed by atoms with Gasteiger partial charge in [0.25, 0.3) is 5.91 Å². The van der Waals surface area contributed by atoms with Crippen LogP contribution in [0.3, 0.4) is 0 Å². The van der Waals surface area contributed by atoms with E-state index in [4.69, 9.17) is 4.74 Å². The number of aromatic nitrogens is 1. The number of hydrogen-bond acceptors (Lipinski definition) is 5. The number of hydrogen-bond donors (Lipinski definition) is 0. The van der Waals surface area contributed by atoms with Gasteiger partial charge in [0, 0.05) is 12.1 Å². The number of benzene rings is 1. The predicted molar refractivity (Wildman–Crippen MR) is 94.1 cm³/mol. The minimum atomic E-state index is -0.780. The molecule has 1 aromatic heterocycles. The fourth-order valence-corrected chi connectivity index (χ4v) is 4.04. The van der Waals surface area contributed by atoms with Crippen LogP contribution in [0.25, 0.3) is 10.2 Å². The first-order valence-corrected chi connectivity index (χ1v) is 9.21. The second kappa shape index (κ2) is 6.89. The third-order valence-electron chi connectivity index (χ3n) is 4.65. The van der Waals surface area contributed by atoms with Gasteiger partial charge in [-0.3, -0.25) is 4.79 Å². The lowest BCUT2D eigenvalue weighted by Gasteiger charge is -2.40. The molecule has 1 fully saturated rings. The van der Waals surface area contributed by atoms with Gasteiger partial charge < -0.3 is 9.64 Å². The molecule has 1 aliphatic rings. The second-order valence-corrected chi connectivity index (χ2v) is 7.34. The van der Waals surface area contributed by atoms with Crippen LogP contribution in [0.15, 0.2) is 23.7 Å². The Labute approximate surface area is 145 Å². The van der Waals surface area contributed by atoms with Gasteiger partial charge in [0.15, 0.2) is 6.10 Å². The molecule has 1 amide bonds. The topological polar surface area (TPSA) is 59.5 Å². The molecule has 24 heavy (non-hydrogen) atoms. The number of ether oxygens (including phenoxy) is 1. The van der Waals surface area contributed by atoms with Gasteiger partial charge in [-0.15, -0.1) is 11.3 Å². The average molecular weight is 346 g/mol. The summed E-state index contributed by atoms with van der Waals surface area (Å²) in [6.45, 7) is 5.76. The van der Waals surface area contributed by atoms with E-state index in [-0.39, 0.29) is 18.0 Å². The van der Waals surface area contributed by atoms with Crippen molar-refractivity contribution >= 4 is 33.4 Å². The Morgan fingerprint density at radius 3 is 2.71 bits per heavy atom. The Hall–Kier alpha value is -1.95. The Morgan fingerprint density at radius 1 is 1.29 bits per heavy atom. The SMILES string of the molecule is C[C@H](OC(=O)c1ccc2ncsc2c1)C(=O)N1[C@H](C)CCC[C@@H]1C. The van der Waals surface area contributed by atoms with Crippen molar-refractivity contribution < 1.29 is 14.3 Å². The summed E-state index contributed by atoms with van der Waals surface area (Å²) in [5.74, 6) is -0.578. The van der Waals surface area contributed by atoms with E-state index in [1.165, 1.54) is 11.3 Å². The summed E-state index contributed by atoms with van der Waals surface area (Å²) in [6, 6.07) is 5.63. The van der Waals surface area contributed by atoms with E-state index in [0.717, 1.165) is 29.5 Å². The van der Waals surface area contributed by atoms with Gasteiger partial charge in [-0.1, -0.05) is 0 Å². The van der Waals surface area contributed by atoms with Gasteiger partial charge in [-0.2, -0.15) is 0 Å². The van der Waals surface area contributed by atoms with E-state index >= 15 is 0 Å². The molecule has 5 nitrogen and oxygen atoms in total. The summed E-state index contributed by atoms with van der Waals surface area (Å²) < 4.78 is 6.36. The normalized spacial score (nSPS) is 22.4. The number of thiazole rings is 1. The highest BCUT2D eigenvalue weighted by molar-refractivity contribution is 7.16. The highest BCUT2D eigenvalue weighted by atomic mass is 32.1. The Kier molecular flexibility index (Phi) is 4.85. The van der Waals surface area contributed by atoms with Crippen molar-refractivity contribution in [3.8, 4) is 0 Å². The molecule has 3 rings (SSSR count). The van der Waals surface area contributed by atoms with Crippen LogP contribution in [0.1, 0.15) is 50.4 Å². The number of piperidine rings is 1. The van der Waals surface area contributed by atoms with Crippen molar-refractivity contribution in [1.82, 2.24) is 9.88 Å². The highest BCUT2D eigenvalue weighted by Gasteiger charge is 2.33. The molecule has 2 heterocycles. The molecule has 0 N–H and O–H groups in total. The molecule has 6 heteroatoms. The van der Waals surface area contributed by atoms with Crippen molar-refractivity contribution in [2.75, 3.05) is 0 Å². The van der Waals surface area contributed by atoms with Crippen LogP contribution in [-0.2, 0) is 9.53 Å². The average Bonchev–Trinajstić information content (AvgIpc) is 3.01. The zero-order valence-corrected chi connectivity index (χ0v) is 15.0. The fraction of sp³-hybridized carbons (Fsp3) is 0.500. The summed E-state index contributed by atoms with van der Waals surface area (Å²) >= 11 is 1.47. The predicted octanol–water partition coefficient (Wildman–Crippen LogP) is 3.63.